The summed E-state index contributed by atoms with van der Waals surface area (Å²) in [6, 6.07) is 19.8. The van der Waals surface area contributed by atoms with Crippen LogP contribution in [0.2, 0.25) is 0 Å². The number of nitrogens with zero attached hydrogens (tertiary/aromatic N) is 6. The molecule has 0 bridgehead atoms. The molecule has 0 aliphatic carbocycles. The molecule has 0 saturated heterocycles. The fourth-order valence-corrected chi connectivity index (χ4v) is 2.98. The number of ether oxygens (including phenoxy) is 2. The minimum atomic E-state index is 0.173. The standard InChI is InChI=1S/C20H16N6O2/c1-3-7-15(8-4-1)12-25(18-13-27-14-28-18)20-21-11-17-19(22-20)26(24-23-17)16-9-5-2-6-10-16/h1-11,13H,12,14H2. The monoisotopic (exact) mass is 372 g/mol. The molecule has 0 saturated carbocycles. The first-order valence-electron chi connectivity index (χ1n) is 8.78. The first kappa shape index (κ1) is 16.2. The van der Waals surface area contributed by atoms with Gasteiger partial charge in [-0.15, -0.1) is 5.10 Å². The van der Waals surface area contributed by atoms with Crippen LogP contribution in [0.4, 0.5) is 5.95 Å². The second kappa shape index (κ2) is 6.99. The molecule has 0 fully saturated rings. The summed E-state index contributed by atoms with van der Waals surface area (Å²) in [7, 11) is 0. The predicted octanol–water partition coefficient (Wildman–Crippen LogP) is 3.02. The zero-order chi connectivity index (χ0) is 18.8. The van der Waals surface area contributed by atoms with Crippen LogP contribution in [-0.2, 0) is 16.0 Å². The Hall–Kier alpha value is -3.94. The van der Waals surface area contributed by atoms with Gasteiger partial charge in [0.15, 0.2) is 11.2 Å². The summed E-state index contributed by atoms with van der Waals surface area (Å²) in [6.07, 6.45) is 3.24. The molecular weight excluding hydrogens is 356 g/mol. The Morgan fingerprint density at radius 1 is 1.00 bits per heavy atom. The Bertz CT molecular complexity index is 1130. The lowest BCUT2D eigenvalue weighted by Gasteiger charge is -2.21. The van der Waals surface area contributed by atoms with Gasteiger partial charge in [0.1, 0.15) is 6.26 Å². The van der Waals surface area contributed by atoms with Crippen molar-refractivity contribution in [2.45, 2.75) is 6.54 Å². The van der Waals surface area contributed by atoms with E-state index < -0.39 is 0 Å². The Labute approximate surface area is 160 Å². The van der Waals surface area contributed by atoms with E-state index in [1.165, 1.54) is 0 Å². The predicted molar refractivity (Wildman–Crippen MR) is 102 cm³/mol. The Morgan fingerprint density at radius 3 is 2.54 bits per heavy atom. The van der Waals surface area contributed by atoms with Gasteiger partial charge >= 0.3 is 0 Å². The van der Waals surface area contributed by atoms with Crippen LogP contribution in [-0.4, -0.2) is 31.8 Å². The van der Waals surface area contributed by atoms with E-state index in [0.29, 0.717) is 29.5 Å². The quantitative estimate of drug-likeness (QED) is 0.533. The molecule has 138 valence electrons. The number of hydrogen-bond donors (Lipinski definition) is 0. The first-order chi connectivity index (χ1) is 13.9. The van der Waals surface area contributed by atoms with Gasteiger partial charge in [-0.2, -0.15) is 9.67 Å². The van der Waals surface area contributed by atoms with Crippen LogP contribution in [0.1, 0.15) is 5.56 Å². The summed E-state index contributed by atoms with van der Waals surface area (Å²) in [5.41, 5.74) is 3.21. The lowest BCUT2D eigenvalue weighted by Crippen LogP contribution is -2.24. The summed E-state index contributed by atoms with van der Waals surface area (Å²) in [5.74, 6) is 1.04. The van der Waals surface area contributed by atoms with Crippen molar-refractivity contribution in [2.75, 3.05) is 11.7 Å². The number of fused-ring (bicyclic) bond motifs is 1. The molecule has 1 aliphatic rings. The molecule has 5 rings (SSSR count). The number of anilines is 1. The molecule has 0 unspecified atom stereocenters. The lowest BCUT2D eigenvalue weighted by atomic mass is 10.2. The zero-order valence-corrected chi connectivity index (χ0v) is 14.8. The summed E-state index contributed by atoms with van der Waals surface area (Å²) >= 11 is 0. The van der Waals surface area contributed by atoms with E-state index in [-0.39, 0.29) is 6.79 Å². The highest BCUT2D eigenvalue weighted by atomic mass is 16.7. The van der Waals surface area contributed by atoms with Crippen molar-refractivity contribution in [1.29, 1.82) is 0 Å². The molecule has 0 spiro atoms. The normalized spacial score (nSPS) is 13.1. The van der Waals surface area contributed by atoms with E-state index in [0.717, 1.165) is 11.3 Å². The van der Waals surface area contributed by atoms with E-state index in [1.54, 1.807) is 17.1 Å². The number of hydrogen-bond acceptors (Lipinski definition) is 7. The molecule has 2 aromatic heterocycles. The molecule has 8 nitrogen and oxygen atoms in total. The van der Waals surface area contributed by atoms with Crippen LogP contribution in [0, 0.1) is 0 Å². The highest BCUT2D eigenvalue weighted by Gasteiger charge is 2.22. The molecule has 1 aliphatic heterocycles. The fourth-order valence-electron chi connectivity index (χ4n) is 2.98. The first-order valence-corrected chi connectivity index (χ1v) is 8.78. The van der Waals surface area contributed by atoms with Gasteiger partial charge in [-0.1, -0.05) is 53.7 Å². The number of para-hydroxylation sites is 1. The maximum Gasteiger partial charge on any atom is 0.235 e. The highest BCUT2D eigenvalue weighted by Crippen LogP contribution is 2.24. The van der Waals surface area contributed by atoms with E-state index >= 15 is 0 Å². The van der Waals surface area contributed by atoms with E-state index in [1.807, 2.05) is 65.6 Å². The number of aromatic nitrogens is 5. The van der Waals surface area contributed by atoms with E-state index in [4.69, 9.17) is 14.5 Å². The molecule has 4 aromatic rings. The van der Waals surface area contributed by atoms with Gasteiger partial charge in [0.25, 0.3) is 0 Å². The maximum absolute atomic E-state index is 5.60. The Morgan fingerprint density at radius 2 is 1.79 bits per heavy atom. The highest BCUT2D eigenvalue weighted by molar-refractivity contribution is 5.72. The average molecular weight is 372 g/mol. The van der Waals surface area contributed by atoms with Crippen molar-refractivity contribution in [1.82, 2.24) is 25.0 Å². The van der Waals surface area contributed by atoms with Gasteiger partial charge in [-0.3, -0.25) is 4.90 Å². The zero-order valence-electron chi connectivity index (χ0n) is 14.8. The van der Waals surface area contributed by atoms with Crippen LogP contribution >= 0.6 is 0 Å². The fraction of sp³-hybridized carbons (Fsp3) is 0.100. The van der Waals surface area contributed by atoms with Gasteiger partial charge in [0.2, 0.25) is 18.6 Å². The van der Waals surface area contributed by atoms with Crippen molar-refractivity contribution in [2.24, 2.45) is 0 Å². The smallest absolute Gasteiger partial charge is 0.235 e. The summed E-state index contributed by atoms with van der Waals surface area (Å²) in [4.78, 5) is 11.1. The van der Waals surface area contributed by atoms with Crippen LogP contribution in [0.15, 0.2) is 79.0 Å². The maximum atomic E-state index is 5.60. The number of rotatable bonds is 5. The van der Waals surface area contributed by atoms with Crippen molar-refractivity contribution in [3.63, 3.8) is 0 Å². The molecular formula is C20H16N6O2. The van der Waals surface area contributed by atoms with E-state index in [2.05, 4.69) is 15.3 Å². The Balaban J connectivity index is 1.58. The lowest BCUT2D eigenvalue weighted by molar-refractivity contribution is 0.0780. The molecule has 0 atom stereocenters. The molecule has 3 heterocycles. The van der Waals surface area contributed by atoms with Crippen LogP contribution < -0.4 is 4.90 Å². The van der Waals surface area contributed by atoms with Crippen LogP contribution in [0.3, 0.4) is 0 Å². The molecule has 28 heavy (non-hydrogen) atoms. The van der Waals surface area contributed by atoms with Crippen molar-refractivity contribution in [3.05, 3.63) is 84.6 Å². The summed E-state index contributed by atoms with van der Waals surface area (Å²) in [6.45, 7) is 0.709. The van der Waals surface area contributed by atoms with Crippen LogP contribution in [0.5, 0.6) is 0 Å². The van der Waals surface area contributed by atoms with E-state index in [9.17, 15) is 0 Å². The molecule has 2 aromatic carbocycles. The second-order valence-corrected chi connectivity index (χ2v) is 6.17. The SMILES string of the molecule is C1=C(N(Cc2ccccc2)c2ncc3nnn(-c4ccccc4)c3n2)OCO1. The van der Waals surface area contributed by atoms with Crippen molar-refractivity contribution < 1.29 is 9.47 Å². The Kier molecular flexibility index (Phi) is 4.06. The van der Waals surface area contributed by atoms with Crippen molar-refractivity contribution >= 4 is 17.1 Å². The number of benzene rings is 2. The van der Waals surface area contributed by atoms with Gasteiger partial charge in [-0.05, 0) is 17.7 Å². The third kappa shape index (κ3) is 3.01. The van der Waals surface area contributed by atoms with Crippen LogP contribution in [0.25, 0.3) is 16.9 Å². The molecule has 0 N–H and O–H groups in total. The third-order valence-corrected chi connectivity index (χ3v) is 4.33. The molecule has 8 heteroatoms. The van der Waals surface area contributed by atoms with Gasteiger partial charge in [-0.25, -0.2) is 4.98 Å². The molecule has 0 radical (unpaired) electrons. The second-order valence-electron chi connectivity index (χ2n) is 6.17. The minimum absolute atomic E-state index is 0.173. The largest absolute Gasteiger partial charge is 0.459 e. The average Bonchev–Trinajstić information content (AvgIpc) is 3.43. The summed E-state index contributed by atoms with van der Waals surface area (Å²) < 4.78 is 12.5. The topological polar surface area (TPSA) is 78.2 Å². The minimum Gasteiger partial charge on any atom is -0.459 e. The summed E-state index contributed by atoms with van der Waals surface area (Å²) in [5, 5.41) is 8.40. The van der Waals surface area contributed by atoms with Gasteiger partial charge in [0.05, 0.1) is 18.4 Å². The van der Waals surface area contributed by atoms with Gasteiger partial charge in [0, 0.05) is 0 Å². The van der Waals surface area contributed by atoms with Crippen molar-refractivity contribution in [3.8, 4) is 5.69 Å². The third-order valence-electron chi connectivity index (χ3n) is 4.33. The molecule has 0 amide bonds. The van der Waals surface area contributed by atoms with Gasteiger partial charge < -0.3 is 9.47 Å².